The fourth-order valence-corrected chi connectivity index (χ4v) is 3.35. The third kappa shape index (κ3) is 4.50. The number of hydrogen-bond donors (Lipinski definition) is 1. The van der Waals surface area contributed by atoms with Gasteiger partial charge >= 0.3 is 18.0 Å². The third-order valence-corrected chi connectivity index (χ3v) is 5.04. The van der Waals surface area contributed by atoms with E-state index < -0.39 is 29.4 Å². The molecule has 0 aliphatic carbocycles. The number of ketones is 1. The van der Waals surface area contributed by atoms with Crippen LogP contribution in [0.1, 0.15) is 43.0 Å². The molecule has 0 amide bonds. The molecule has 3 nitrogen and oxygen atoms in total. The van der Waals surface area contributed by atoms with Gasteiger partial charge < -0.3 is 5.73 Å². The highest BCUT2D eigenvalue weighted by atomic mass is 35.5. The molecule has 0 bridgehead atoms. The van der Waals surface area contributed by atoms with Gasteiger partial charge in [0.25, 0.3) is 0 Å². The Hall–Kier alpha value is -2.88. The van der Waals surface area contributed by atoms with E-state index in [4.69, 9.17) is 17.3 Å². The second kappa shape index (κ2) is 8.57. The lowest BCUT2D eigenvalue weighted by Crippen LogP contribution is -2.50. The molecule has 11 heteroatoms. The molecule has 0 aliphatic rings. The number of halogens is 8. The predicted octanol–water partition coefficient (Wildman–Crippen LogP) is 6.24. The first-order valence-electron chi connectivity index (χ1n) is 8.75. The molecule has 2 N–H and O–H groups in total. The van der Waals surface area contributed by atoms with Crippen LogP contribution in [0.4, 0.5) is 30.7 Å². The Morgan fingerprint density at radius 1 is 0.938 bits per heavy atom. The summed E-state index contributed by atoms with van der Waals surface area (Å²) < 4.78 is 92.7. The van der Waals surface area contributed by atoms with Crippen molar-refractivity contribution in [1.82, 2.24) is 0 Å². The molecule has 32 heavy (non-hydrogen) atoms. The zero-order valence-corrected chi connectivity index (χ0v) is 17.2. The normalized spacial score (nSPS) is 13.2. The summed E-state index contributed by atoms with van der Waals surface area (Å²) in [5.41, 5.74) is -2.04. The Balaban J connectivity index is 2.56. The Bertz CT molecular complexity index is 1070. The van der Waals surface area contributed by atoms with Crippen LogP contribution < -0.4 is 5.73 Å². The topological polar surface area (TPSA) is 60.2 Å². The highest BCUT2D eigenvalue weighted by molar-refractivity contribution is 6.33. The van der Waals surface area contributed by atoms with Crippen molar-refractivity contribution in [3.63, 3.8) is 0 Å². The highest BCUT2D eigenvalue weighted by Crippen LogP contribution is 2.53. The maximum Gasteiger partial charge on any atom is 0.435 e. The zero-order valence-electron chi connectivity index (χ0n) is 16.5. The number of hydrogen-bond acceptors (Lipinski definition) is 3. The summed E-state index contributed by atoms with van der Waals surface area (Å²) in [6.45, 7) is 2.27. The molecule has 0 aromatic heterocycles. The summed E-state index contributed by atoms with van der Waals surface area (Å²) in [4.78, 5) is 23.4. The van der Waals surface area contributed by atoms with Gasteiger partial charge in [-0.05, 0) is 43.2 Å². The van der Waals surface area contributed by atoms with Crippen LogP contribution in [0.25, 0.3) is 5.70 Å². The summed E-state index contributed by atoms with van der Waals surface area (Å²) in [6.07, 6.45) is -11.2. The summed E-state index contributed by atoms with van der Waals surface area (Å²) in [7, 11) is 0. The maximum atomic E-state index is 14.4. The van der Waals surface area contributed by atoms with E-state index in [-0.39, 0.29) is 38.5 Å². The summed E-state index contributed by atoms with van der Waals surface area (Å²) in [5, 5.41) is 0.0971. The van der Waals surface area contributed by atoms with Gasteiger partial charge in [0.1, 0.15) is 0 Å². The molecule has 2 aromatic carbocycles. The Morgan fingerprint density at radius 3 is 1.88 bits per heavy atom. The molecule has 0 radical (unpaired) electrons. The maximum absolute atomic E-state index is 14.4. The van der Waals surface area contributed by atoms with Crippen LogP contribution in [-0.2, 0) is 5.67 Å². The van der Waals surface area contributed by atoms with Crippen molar-refractivity contribution in [1.29, 1.82) is 0 Å². The number of nitrogens with two attached hydrogens (primary N) is 1. The second-order valence-electron chi connectivity index (χ2n) is 6.96. The van der Waals surface area contributed by atoms with Crippen LogP contribution in [0.3, 0.4) is 0 Å². The van der Waals surface area contributed by atoms with Gasteiger partial charge in [-0.15, -0.1) is 0 Å². The molecule has 0 atom stereocenters. The van der Waals surface area contributed by atoms with Crippen molar-refractivity contribution in [2.75, 3.05) is 0 Å². The number of aryl methyl sites for hydroxylation is 2. The zero-order chi connectivity index (χ0) is 24.6. The Labute approximate surface area is 182 Å². The van der Waals surface area contributed by atoms with Gasteiger partial charge in [0.2, 0.25) is 0 Å². The Kier molecular flexibility index (Phi) is 6.80. The quantitative estimate of drug-likeness (QED) is 0.238. The molecule has 0 heterocycles. The molecule has 2 rings (SSSR count). The molecule has 0 aliphatic heterocycles. The van der Waals surface area contributed by atoms with Gasteiger partial charge in [-0.25, -0.2) is 4.39 Å². The Morgan fingerprint density at radius 2 is 1.44 bits per heavy atom. The lowest BCUT2D eigenvalue weighted by atomic mass is 9.88. The van der Waals surface area contributed by atoms with Gasteiger partial charge in [0.05, 0.1) is 5.02 Å². The molecule has 0 saturated heterocycles. The molecule has 172 valence electrons. The van der Waals surface area contributed by atoms with Crippen LogP contribution in [0.5, 0.6) is 0 Å². The SMILES string of the molecule is Cc1cc(C(F)(C(F)(F)F)C(F)(F)F)cc(C)c1C(N)=CC(=O)c1ccc(Cl)c(C=O)c1. The number of allylic oxidation sites excluding steroid dienone is 1. The number of carbonyl (C=O) groups is 2. The molecule has 0 saturated carbocycles. The lowest BCUT2D eigenvalue weighted by Gasteiger charge is -2.31. The van der Waals surface area contributed by atoms with Crippen molar-refractivity contribution in [2.24, 2.45) is 5.73 Å². The fourth-order valence-electron chi connectivity index (χ4n) is 3.19. The molecule has 2 aromatic rings. The number of rotatable bonds is 5. The van der Waals surface area contributed by atoms with Gasteiger partial charge in [-0.3, -0.25) is 9.59 Å². The van der Waals surface area contributed by atoms with E-state index in [9.17, 15) is 40.3 Å². The van der Waals surface area contributed by atoms with Gasteiger partial charge in [-0.2, -0.15) is 26.3 Å². The average molecular weight is 482 g/mol. The van der Waals surface area contributed by atoms with E-state index >= 15 is 0 Å². The van der Waals surface area contributed by atoms with Crippen LogP contribution in [-0.4, -0.2) is 24.4 Å². The minimum atomic E-state index is -6.26. The van der Waals surface area contributed by atoms with Crippen molar-refractivity contribution in [2.45, 2.75) is 31.9 Å². The standard InChI is InChI=1S/C21H15ClF7NO2/c1-10-5-14(19(23,20(24,25)26)21(27,28)29)6-11(2)18(10)16(30)8-17(32)12-3-4-15(22)13(7-12)9-31/h3-9H,30H2,1-2H3. The van der Waals surface area contributed by atoms with Crippen LogP contribution in [0, 0.1) is 13.8 Å². The van der Waals surface area contributed by atoms with Gasteiger partial charge in [0, 0.05) is 34.0 Å². The van der Waals surface area contributed by atoms with Crippen LogP contribution in [0.2, 0.25) is 5.02 Å². The number of carbonyl (C=O) groups excluding carboxylic acids is 2. The third-order valence-electron chi connectivity index (χ3n) is 4.69. The van der Waals surface area contributed by atoms with Crippen molar-refractivity contribution in [3.8, 4) is 0 Å². The predicted molar refractivity (Wildman–Crippen MR) is 104 cm³/mol. The van der Waals surface area contributed by atoms with Crippen LogP contribution in [0.15, 0.2) is 36.4 Å². The van der Waals surface area contributed by atoms with E-state index in [1.807, 2.05) is 0 Å². The highest BCUT2D eigenvalue weighted by Gasteiger charge is 2.73. The fraction of sp³-hybridized carbons (Fsp3) is 0.238. The van der Waals surface area contributed by atoms with Crippen molar-refractivity contribution >= 4 is 29.4 Å². The molecule has 0 spiro atoms. The molecule has 0 fully saturated rings. The monoisotopic (exact) mass is 481 g/mol. The minimum Gasteiger partial charge on any atom is -0.398 e. The molecular formula is C21H15ClF7NO2. The lowest BCUT2D eigenvalue weighted by molar-refractivity contribution is -0.348. The summed E-state index contributed by atoms with van der Waals surface area (Å²) >= 11 is 5.79. The van der Waals surface area contributed by atoms with Crippen molar-refractivity contribution in [3.05, 3.63) is 74.8 Å². The smallest absolute Gasteiger partial charge is 0.398 e. The second-order valence-corrected chi connectivity index (χ2v) is 7.36. The largest absolute Gasteiger partial charge is 0.435 e. The molecular weight excluding hydrogens is 467 g/mol. The summed E-state index contributed by atoms with van der Waals surface area (Å²) in [6, 6.07) is 4.56. The van der Waals surface area contributed by atoms with E-state index in [1.165, 1.54) is 18.2 Å². The number of alkyl halides is 7. The van der Waals surface area contributed by atoms with E-state index in [0.717, 1.165) is 19.9 Å². The van der Waals surface area contributed by atoms with Crippen molar-refractivity contribution < 1.29 is 40.3 Å². The first-order valence-corrected chi connectivity index (χ1v) is 9.13. The summed E-state index contributed by atoms with van der Waals surface area (Å²) in [5.74, 6) is -0.699. The molecule has 0 unspecified atom stereocenters. The number of benzene rings is 2. The first kappa shape index (κ1) is 25.4. The van der Waals surface area contributed by atoms with Gasteiger partial charge in [-0.1, -0.05) is 23.7 Å². The average Bonchev–Trinajstić information content (AvgIpc) is 2.65. The van der Waals surface area contributed by atoms with Gasteiger partial charge in [0.15, 0.2) is 12.1 Å². The van der Waals surface area contributed by atoms with E-state index in [0.29, 0.717) is 18.4 Å². The van der Waals surface area contributed by atoms with E-state index in [1.54, 1.807) is 0 Å². The first-order chi connectivity index (χ1) is 14.5. The van der Waals surface area contributed by atoms with Crippen LogP contribution >= 0.6 is 11.6 Å². The van der Waals surface area contributed by atoms with E-state index in [2.05, 4.69) is 0 Å². The minimum absolute atomic E-state index is 0.0169. The number of aldehydes is 1.